The van der Waals surface area contributed by atoms with Crippen molar-refractivity contribution < 1.29 is 0 Å². The molecule has 1 fully saturated rings. The van der Waals surface area contributed by atoms with Crippen molar-refractivity contribution in [3.63, 3.8) is 0 Å². The Hall–Kier alpha value is -1.42. The summed E-state index contributed by atoms with van der Waals surface area (Å²) in [5.41, 5.74) is 1.87. The molecule has 0 amide bonds. The van der Waals surface area contributed by atoms with Crippen LogP contribution in [0.3, 0.4) is 0 Å². The number of hydrogen-bond acceptors (Lipinski definition) is 3. The van der Waals surface area contributed by atoms with E-state index in [1.807, 2.05) is 19.2 Å². The molecule has 3 rings (SSSR count). The second kappa shape index (κ2) is 3.56. The summed E-state index contributed by atoms with van der Waals surface area (Å²) in [6.07, 6.45) is 6.03. The Balaban J connectivity index is 2.11. The van der Waals surface area contributed by atoms with Crippen molar-refractivity contribution in [1.82, 2.24) is 19.7 Å². The Morgan fingerprint density at radius 2 is 2.25 bits per heavy atom. The molecular weight excluding hydrogens is 224 g/mol. The minimum atomic E-state index is 0.538. The van der Waals surface area contributed by atoms with Gasteiger partial charge in [0.1, 0.15) is 11.0 Å². The number of hydrogen-bond donors (Lipinski definition) is 0. The van der Waals surface area contributed by atoms with E-state index in [1.54, 1.807) is 6.20 Å². The van der Waals surface area contributed by atoms with Gasteiger partial charge in [-0.1, -0.05) is 11.6 Å². The SMILES string of the molecule is Cc1cc(-c2nc(Cl)cn2C2CC2)cnn1. The molecule has 82 valence electrons. The quantitative estimate of drug-likeness (QED) is 0.802. The second-order valence-corrected chi connectivity index (χ2v) is 4.50. The number of rotatable bonds is 2. The first-order valence-corrected chi connectivity index (χ1v) is 5.66. The summed E-state index contributed by atoms with van der Waals surface area (Å²) in [4.78, 5) is 4.34. The molecule has 16 heavy (non-hydrogen) atoms. The van der Waals surface area contributed by atoms with Crippen molar-refractivity contribution in [3.05, 3.63) is 29.3 Å². The Morgan fingerprint density at radius 3 is 2.94 bits per heavy atom. The average molecular weight is 235 g/mol. The van der Waals surface area contributed by atoms with Crippen LogP contribution in [-0.4, -0.2) is 19.7 Å². The van der Waals surface area contributed by atoms with Gasteiger partial charge >= 0.3 is 0 Å². The summed E-state index contributed by atoms with van der Waals surface area (Å²) in [6, 6.07) is 2.54. The molecule has 0 unspecified atom stereocenters. The van der Waals surface area contributed by atoms with Gasteiger partial charge in [0.05, 0.1) is 11.9 Å². The zero-order chi connectivity index (χ0) is 11.1. The molecular formula is C11H11ClN4. The van der Waals surface area contributed by atoms with E-state index in [9.17, 15) is 0 Å². The predicted octanol–water partition coefficient (Wildman–Crippen LogP) is 2.64. The Morgan fingerprint density at radius 1 is 1.44 bits per heavy atom. The fourth-order valence-electron chi connectivity index (χ4n) is 1.80. The zero-order valence-electron chi connectivity index (χ0n) is 8.89. The first-order chi connectivity index (χ1) is 7.74. The van der Waals surface area contributed by atoms with Gasteiger partial charge in [-0.05, 0) is 25.8 Å². The van der Waals surface area contributed by atoms with E-state index < -0.39 is 0 Å². The Kier molecular flexibility index (Phi) is 2.17. The maximum Gasteiger partial charge on any atom is 0.147 e. The van der Waals surface area contributed by atoms with Gasteiger partial charge < -0.3 is 4.57 Å². The summed E-state index contributed by atoms with van der Waals surface area (Å²) in [7, 11) is 0. The van der Waals surface area contributed by atoms with Gasteiger partial charge in [0.25, 0.3) is 0 Å². The van der Waals surface area contributed by atoms with Gasteiger partial charge in [-0.15, -0.1) is 0 Å². The van der Waals surface area contributed by atoms with Crippen molar-refractivity contribution in [2.45, 2.75) is 25.8 Å². The predicted molar refractivity (Wildman–Crippen MR) is 61.3 cm³/mol. The molecule has 5 heteroatoms. The van der Waals surface area contributed by atoms with E-state index in [4.69, 9.17) is 11.6 Å². The summed E-state index contributed by atoms with van der Waals surface area (Å²) < 4.78 is 2.14. The number of aryl methyl sites for hydroxylation is 1. The number of halogens is 1. The largest absolute Gasteiger partial charge is 0.326 e. The monoisotopic (exact) mass is 234 g/mol. The molecule has 0 bridgehead atoms. The van der Waals surface area contributed by atoms with E-state index in [0.29, 0.717) is 11.2 Å². The van der Waals surface area contributed by atoms with Crippen LogP contribution < -0.4 is 0 Å². The molecule has 2 heterocycles. The van der Waals surface area contributed by atoms with Crippen LogP contribution in [0.1, 0.15) is 24.6 Å². The van der Waals surface area contributed by atoms with Gasteiger partial charge in [-0.3, -0.25) is 0 Å². The topological polar surface area (TPSA) is 43.6 Å². The molecule has 0 aromatic carbocycles. The molecule has 2 aromatic rings. The Bertz CT molecular complexity index is 531. The van der Waals surface area contributed by atoms with Crippen LogP contribution in [0.15, 0.2) is 18.5 Å². The summed E-state index contributed by atoms with van der Waals surface area (Å²) in [6.45, 7) is 1.92. The molecule has 0 spiro atoms. The number of nitrogens with zero attached hydrogens (tertiary/aromatic N) is 4. The molecule has 0 aliphatic heterocycles. The minimum Gasteiger partial charge on any atom is -0.326 e. The smallest absolute Gasteiger partial charge is 0.147 e. The molecule has 4 nitrogen and oxygen atoms in total. The van der Waals surface area contributed by atoms with E-state index in [-0.39, 0.29) is 0 Å². The highest BCUT2D eigenvalue weighted by molar-refractivity contribution is 6.29. The maximum atomic E-state index is 5.96. The maximum absolute atomic E-state index is 5.96. The number of imidazole rings is 1. The molecule has 2 aromatic heterocycles. The van der Waals surface area contributed by atoms with Crippen LogP contribution in [0.2, 0.25) is 5.15 Å². The van der Waals surface area contributed by atoms with Crippen LogP contribution in [0, 0.1) is 6.92 Å². The van der Waals surface area contributed by atoms with Crippen molar-refractivity contribution in [2.75, 3.05) is 0 Å². The number of aromatic nitrogens is 4. The normalized spacial score (nSPS) is 15.4. The van der Waals surface area contributed by atoms with Crippen LogP contribution in [0.4, 0.5) is 0 Å². The lowest BCUT2D eigenvalue weighted by Gasteiger charge is -2.05. The van der Waals surface area contributed by atoms with Crippen molar-refractivity contribution in [2.24, 2.45) is 0 Å². The summed E-state index contributed by atoms with van der Waals surface area (Å²) in [5.74, 6) is 0.894. The van der Waals surface area contributed by atoms with E-state index in [0.717, 1.165) is 17.1 Å². The van der Waals surface area contributed by atoms with Crippen LogP contribution in [0.25, 0.3) is 11.4 Å². The molecule has 1 aliphatic rings. The van der Waals surface area contributed by atoms with E-state index in [2.05, 4.69) is 19.7 Å². The first kappa shape index (κ1) is 9.78. The fraction of sp³-hybridized carbons (Fsp3) is 0.364. The molecule has 0 saturated heterocycles. The van der Waals surface area contributed by atoms with Crippen LogP contribution >= 0.6 is 11.6 Å². The fourth-order valence-corrected chi connectivity index (χ4v) is 1.99. The molecule has 0 atom stereocenters. The zero-order valence-corrected chi connectivity index (χ0v) is 9.65. The highest BCUT2D eigenvalue weighted by Crippen LogP contribution is 2.38. The third-order valence-corrected chi connectivity index (χ3v) is 2.86. The molecule has 1 saturated carbocycles. The van der Waals surface area contributed by atoms with Crippen molar-refractivity contribution in [1.29, 1.82) is 0 Å². The van der Waals surface area contributed by atoms with Crippen LogP contribution in [0.5, 0.6) is 0 Å². The third kappa shape index (κ3) is 1.69. The van der Waals surface area contributed by atoms with Gasteiger partial charge in [-0.25, -0.2) is 4.98 Å². The highest BCUT2D eigenvalue weighted by atomic mass is 35.5. The lowest BCUT2D eigenvalue weighted by atomic mass is 10.2. The molecule has 0 radical (unpaired) electrons. The standard InChI is InChI=1S/C11H11ClN4/c1-7-4-8(5-13-15-7)11-14-10(12)6-16(11)9-2-3-9/h4-6,9H,2-3H2,1H3. The van der Waals surface area contributed by atoms with Crippen LogP contribution in [-0.2, 0) is 0 Å². The van der Waals surface area contributed by atoms with Gasteiger partial charge in [0, 0.05) is 17.8 Å². The first-order valence-electron chi connectivity index (χ1n) is 5.28. The highest BCUT2D eigenvalue weighted by Gasteiger charge is 2.27. The lowest BCUT2D eigenvalue weighted by molar-refractivity contribution is 0.748. The average Bonchev–Trinajstić information content (AvgIpc) is 3.02. The van der Waals surface area contributed by atoms with E-state index >= 15 is 0 Å². The summed E-state index contributed by atoms with van der Waals surface area (Å²) >= 11 is 5.96. The second-order valence-electron chi connectivity index (χ2n) is 4.11. The third-order valence-electron chi connectivity index (χ3n) is 2.68. The molecule has 0 N–H and O–H groups in total. The van der Waals surface area contributed by atoms with E-state index in [1.165, 1.54) is 12.8 Å². The van der Waals surface area contributed by atoms with Gasteiger partial charge in [0.15, 0.2) is 0 Å². The summed E-state index contributed by atoms with van der Waals surface area (Å²) in [5, 5.41) is 8.42. The Labute approximate surface area is 98.3 Å². The van der Waals surface area contributed by atoms with Gasteiger partial charge in [0.2, 0.25) is 0 Å². The molecule has 1 aliphatic carbocycles. The minimum absolute atomic E-state index is 0.538. The van der Waals surface area contributed by atoms with Gasteiger partial charge in [-0.2, -0.15) is 10.2 Å². The van der Waals surface area contributed by atoms with Crippen molar-refractivity contribution in [3.8, 4) is 11.4 Å². The lowest BCUT2D eigenvalue weighted by Crippen LogP contribution is -1.97. The van der Waals surface area contributed by atoms with Crippen molar-refractivity contribution >= 4 is 11.6 Å².